The Bertz CT molecular complexity index is 661. The van der Waals surface area contributed by atoms with Crippen LogP contribution >= 0.6 is 0 Å². The van der Waals surface area contributed by atoms with Crippen molar-refractivity contribution in [2.75, 3.05) is 0 Å². The van der Waals surface area contributed by atoms with E-state index in [2.05, 4.69) is 0 Å². The van der Waals surface area contributed by atoms with Crippen LogP contribution in [0.3, 0.4) is 0 Å². The zero-order valence-electron chi connectivity index (χ0n) is 9.22. The quantitative estimate of drug-likeness (QED) is 0.781. The van der Waals surface area contributed by atoms with Crippen molar-refractivity contribution in [3.63, 3.8) is 0 Å². The summed E-state index contributed by atoms with van der Waals surface area (Å²) in [4.78, 5) is 0. The van der Waals surface area contributed by atoms with Crippen molar-refractivity contribution >= 4 is 20.2 Å². The van der Waals surface area contributed by atoms with E-state index in [4.69, 9.17) is 4.55 Å². The van der Waals surface area contributed by atoms with Crippen molar-refractivity contribution in [2.45, 2.75) is 23.3 Å². The predicted molar refractivity (Wildman–Crippen MR) is 64.4 cm³/mol. The van der Waals surface area contributed by atoms with Gasteiger partial charge in [-0.05, 0) is 24.0 Å². The molecule has 2 rings (SSSR count). The monoisotopic (exact) mass is 292 g/mol. The van der Waals surface area contributed by atoms with Crippen molar-refractivity contribution in [2.24, 2.45) is 0 Å². The molecular weight excluding hydrogens is 280 g/mol. The van der Waals surface area contributed by atoms with E-state index in [0.717, 1.165) is 0 Å². The van der Waals surface area contributed by atoms with Crippen molar-refractivity contribution in [3.8, 4) is 0 Å². The lowest BCUT2D eigenvalue weighted by Crippen LogP contribution is -2.36. The van der Waals surface area contributed by atoms with Gasteiger partial charge in [0.05, 0.1) is 0 Å². The van der Waals surface area contributed by atoms with Crippen LogP contribution in [0.4, 0.5) is 0 Å². The van der Waals surface area contributed by atoms with Crippen LogP contribution in [0.2, 0.25) is 0 Å². The van der Waals surface area contributed by atoms with Gasteiger partial charge in [0.1, 0.15) is 10.5 Å². The SMILES string of the molecule is O=S(=O)(O)C1CCc2ccccc2C1S(=O)(=O)O. The van der Waals surface area contributed by atoms with E-state index in [1.165, 1.54) is 6.07 Å². The second-order valence-corrected chi connectivity index (χ2v) is 7.40. The van der Waals surface area contributed by atoms with Crippen LogP contribution in [0.5, 0.6) is 0 Å². The summed E-state index contributed by atoms with van der Waals surface area (Å²) in [5, 5.41) is -3.15. The minimum atomic E-state index is -4.61. The minimum Gasteiger partial charge on any atom is -0.285 e. The maximum atomic E-state index is 11.4. The summed E-state index contributed by atoms with van der Waals surface area (Å²) in [5.41, 5.74) is 0.897. The molecule has 6 nitrogen and oxygen atoms in total. The molecule has 1 aromatic carbocycles. The lowest BCUT2D eigenvalue weighted by atomic mass is 9.91. The zero-order chi connectivity index (χ0) is 13.6. The standard InChI is InChI=1S/C10H12O6S2/c11-17(12,13)9-6-5-7-3-1-2-4-8(7)10(9)18(14,15)16/h1-4,9-10H,5-6H2,(H,11,12,13)(H,14,15,16). The molecule has 0 spiro atoms. The topological polar surface area (TPSA) is 109 Å². The molecule has 0 aromatic heterocycles. The van der Waals surface area contributed by atoms with E-state index in [9.17, 15) is 21.4 Å². The van der Waals surface area contributed by atoms with Crippen LogP contribution in [-0.2, 0) is 26.7 Å². The Balaban J connectivity index is 2.65. The number of aryl methyl sites for hydroxylation is 1. The molecule has 0 saturated carbocycles. The van der Waals surface area contributed by atoms with E-state index in [-0.39, 0.29) is 12.0 Å². The van der Waals surface area contributed by atoms with Gasteiger partial charge in [0.15, 0.2) is 0 Å². The zero-order valence-corrected chi connectivity index (χ0v) is 10.9. The fraction of sp³-hybridized carbons (Fsp3) is 0.400. The first-order chi connectivity index (χ1) is 8.21. The van der Waals surface area contributed by atoms with Gasteiger partial charge in [-0.3, -0.25) is 9.11 Å². The van der Waals surface area contributed by atoms with Gasteiger partial charge in [-0.25, -0.2) is 0 Å². The van der Waals surface area contributed by atoms with Crippen LogP contribution in [-0.4, -0.2) is 31.2 Å². The van der Waals surface area contributed by atoms with Crippen LogP contribution in [0.1, 0.15) is 22.8 Å². The summed E-state index contributed by atoms with van der Waals surface area (Å²) in [6.07, 6.45) is 0.299. The minimum absolute atomic E-state index is 0.0414. The third kappa shape index (κ3) is 2.41. The molecule has 0 radical (unpaired) electrons. The first-order valence-corrected chi connectivity index (χ1v) is 8.22. The molecule has 2 atom stereocenters. The van der Waals surface area contributed by atoms with E-state index >= 15 is 0 Å². The van der Waals surface area contributed by atoms with Crippen LogP contribution in [0, 0.1) is 0 Å². The van der Waals surface area contributed by atoms with Gasteiger partial charge in [0.25, 0.3) is 20.2 Å². The number of fused-ring (bicyclic) bond motifs is 1. The van der Waals surface area contributed by atoms with Crippen molar-refractivity contribution in [3.05, 3.63) is 35.4 Å². The largest absolute Gasteiger partial charge is 0.285 e. The normalized spacial score (nSPS) is 24.6. The molecule has 0 aliphatic heterocycles. The fourth-order valence-electron chi connectivity index (χ4n) is 2.35. The molecule has 2 N–H and O–H groups in total. The second-order valence-electron chi connectivity index (χ2n) is 4.23. The number of hydrogen-bond donors (Lipinski definition) is 2. The third-order valence-electron chi connectivity index (χ3n) is 3.10. The first-order valence-electron chi connectivity index (χ1n) is 5.21. The van der Waals surface area contributed by atoms with Crippen LogP contribution < -0.4 is 0 Å². The molecular formula is C10H12O6S2. The third-order valence-corrected chi connectivity index (χ3v) is 5.77. The second kappa shape index (κ2) is 4.30. The van der Waals surface area contributed by atoms with E-state index in [1.807, 2.05) is 0 Å². The Morgan fingerprint density at radius 2 is 1.61 bits per heavy atom. The Hall–Kier alpha value is -0.960. The molecule has 8 heteroatoms. The average Bonchev–Trinajstić information content (AvgIpc) is 2.24. The summed E-state index contributed by atoms with van der Waals surface area (Å²) in [6, 6.07) is 6.38. The van der Waals surface area contributed by atoms with Gasteiger partial charge in [-0.2, -0.15) is 16.8 Å². The molecule has 0 amide bonds. The molecule has 0 bridgehead atoms. The van der Waals surface area contributed by atoms with Crippen molar-refractivity contribution in [1.29, 1.82) is 0 Å². The predicted octanol–water partition coefficient (Wildman–Crippen LogP) is 0.818. The maximum absolute atomic E-state index is 11.4. The van der Waals surface area contributed by atoms with E-state index in [0.29, 0.717) is 12.0 Å². The van der Waals surface area contributed by atoms with Gasteiger partial charge in [0, 0.05) is 0 Å². The van der Waals surface area contributed by atoms with Gasteiger partial charge >= 0.3 is 0 Å². The maximum Gasteiger partial charge on any atom is 0.273 e. The molecule has 18 heavy (non-hydrogen) atoms. The van der Waals surface area contributed by atoms with Gasteiger partial charge in [-0.1, -0.05) is 24.3 Å². The van der Waals surface area contributed by atoms with Crippen LogP contribution in [0.25, 0.3) is 0 Å². The summed E-state index contributed by atoms with van der Waals surface area (Å²) in [5.74, 6) is 0. The molecule has 1 aliphatic carbocycles. The Morgan fingerprint density at radius 3 is 2.17 bits per heavy atom. The van der Waals surface area contributed by atoms with Gasteiger partial charge in [-0.15, -0.1) is 0 Å². The lowest BCUT2D eigenvalue weighted by molar-refractivity contribution is 0.428. The molecule has 2 unspecified atom stereocenters. The molecule has 0 fully saturated rings. The Labute approximate surface area is 105 Å². The highest BCUT2D eigenvalue weighted by Crippen LogP contribution is 2.38. The molecule has 0 heterocycles. The smallest absolute Gasteiger partial charge is 0.273 e. The number of hydrogen-bond acceptors (Lipinski definition) is 4. The van der Waals surface area contributed by atoms with E-state index < -0.39 is 30.7 Å². The number of benzene rings is 1. The highest BCUT2D eigenvalue weighted by Gasteiger charge is 2.44. The summed E-state index contributed by atoms with van der Waals surface area (Å²) in [7, 11) is -9.15. The molecule has 100 valence electrons. The van der Waals surface area contributed by atoms with Crippen molar-refractivity contribution < 1.29 is 25.9 Å². The lowest BCUT2D eigenvalue weighted by Gasteiger charge is -2.29. The van der Waals surface area contributed by atoms with Crippen molar-refractivity contribution in [1.82, 2.24) is 0 Å². The summed E-state index contributed by atoms with van der Waals surface area (Å²) in [6.45, 7) is 0. The fourth-order valence-corrected chi connectivity index (χ4v) is 5.13. The highest BCUT2D eigenvalue weighted by molar-refractivity contribution is 7.90. The summed E-state index contributed by atoms with van der Waals surface area (Å²) >= 11 is 0. The Morgan fingerprint density at radius 1 is 1.00 bits per heavy atom. The van der Waals surface area contributed by atoms with Gasteiger partial charge in [0.2, 0.25) is 0 Å². The number of rotatable bonds is 2. The van der Waals surface area contributed by atoms with Crippen LogP contribution in [0.15, 0.2) is 24.3 Å². The molecule has 1 aliphatic rings. The van der Waals surface area contributed by atoms with Gasteiger partial charge < -0.3 is 0 Å². The van der Waals surface area contributed by atoms with E-state index in [1.54, 1.807) is 18.2 Å². The molecule has 1 aromatic rings. The Kier molecular flexibility index (Phi) is 3.22. The molecule has 0 saturated heterocycles. The average molecular weight is 292 g/mol. The first kappa shape index (κ1) is 13.5. The summed E-state index contributed by atoms with van der Waals surface area (Å²) < 4.78 is 63.6. The highest BCUT2D eigenvalue weighted by atomic mass is 32.2.